The van der Waals surface area contributed by atoms with Crippen LogP contribution >= 0.6 is 11.6 Å². The molecule has 1 atom stereocenters. The van der Waals surface area contributed by atoms with Gasteiger partial charge in [-0.1, -0.05) is 11.6 Å². The van der Waals surface area contributed by atoms with Crippen LogP contribution in [0.15, 0.2) is 36.4 Å². The van der Waals surface area contributed by atoms with Crippen molar-refractivity contribution in [1.29, 1.82) is 0 Å². The Hall–Kier alpha value is -2.18. The average Bonchev–Trinajstić information content (AvgIpc) is 2.42. The van der Waals surface area contributed by atoms with E-state index in [1.807, 2.05) is 0 Å². The van der Waals surface area contributed by atoms with Gasteiger partial charge < -0.3 is 10.5 Å². The molecule has 110 valence electrons. The molecule has 0 aromatic heterocycles. The van der Waals surface area contributed by atoms with Crippen molar-refractivity contribution in [2.45, 2.75) is 13.0 Å². The topological polar surface area (TPSA) is 78.4 Å². The Morgan fingerprint density at radius 3 is 2.57 bits per heavy atom. The lowest BCUT2D eigenvalue weighted by Crippen LogP contribution is -2.07. The maximum Gasteiger partial charge on any atom is 0.313 e. The van der Waals surface area contributed by atoms with E-state index in [2.05, 4.69) is 0 Å². The number of nitrogens with zero attached hydrogens (tertiary/aromatic N) is 1. The van der Waals surface area contributed by atoms with Crippen LogP contribution < -0.4 is 10.5 Å². The van der Waals surface area contributed by atoms with Gasteiger partial charge in [0.25, 0.3) is 0 Å². The largest absolute Gasteiger partial charge is 0.450 e. The van der Waals surface area contributed by atoms with Gasteiger partial charge in [-0.15, -0.1) is 0 Å². The summed E-state index contributed by atoms with van der Waals surface area (Å²) >= 11 is 5.74. The highest BCUT2D eigenvalue weighted by Gasteiger charge is 2.18. The number of hydrogen-bond donors (Lipinski definition) is 1. The summed E-state index contributed by atoms with van der Waals surface area (Å²) in [5.41, 5.74) is 5.90. The van der Waals surface area contributed by atoms with E-state index in [0.717, 1.165) is 0 Å². The molecule has 0 bridgehead atoms. The molecule has 5 nitrogen and oxygen atoms in total. The number of ether oxygens (including phenoxy) is 1. The molecule has 2 aromatic carbocycles. The van der Waals surface area contributed by atoms with Crippen LogP contribution in [0.2, 0.25) is 5.02 Å². The first-order valence-corrected chi connectivity index (χ1v) is 6.43. The van der Waals surface area contributed by atoms with E-state index in [-0.39, 0.29) is 22.2 Å². The molecule has 7 heteroatoms. The molecule has 0 radical (unpaired) electrons. The van der Waals surface area contributed by atoms with Crippen molar-refractivity contribution in [3.63, 3.8) is 0 Å². The zero-order chi connectivity index (χ0) is 15.6. The zero-order valence-electron chi connectivity index (χ0n) is 11.0. The third-order valence-electron chi connectivity index (χ3n) is 2.80. The molecule has 0 aliphatic carbocycles. The Bertz CT molecular complexity index is 692. The van der Waals surface area contributed by atoms with E-state index in [9.17, 15) is 14.5 Å². The van der Waals surface area contributed by atoms with Crippen molar-refractivity contribution >= 4 is 17.3 Å². The first kappa shape index (κ1) is 15.2. The minimum atomic E-state index is -0.601. The maximum absolute atomic E-state index is 13.3. The second-order valence-electron chi connectivity index (χ2n) is 4.44. The van der Waals surface area contributed by atoms with Gasteiger partial charge in [0.15, 0.2) is 0 Å². The first-order chi connectivity index (χ1) is 9.88. The van der Waals surface area contributed by atoms with Crippen molar-refractivity contribution in [2.75, 3.05) is 0 Å². The van der Waals surface area contributed by atoms with Crippen molar-refractivity contribution in [2.24, 2.45) is 5.73 Å². The highest BCUT2D eigenvalue weighted by molar-refractivity contribution is 6.30. The fraction of sp³-hybridized carbons (Fsp3) is 0.143. The van der Waals surface area contributed by atoms with Crippen LogP contribution in [0, 0.1) is 15.9 Å². The van der Waals surface area contributed by atoms with Gasteiger partial charge in [0, 0.05) is 22.7 Å². The summed E-state index contributed by atoms with van der Waals surface area (Å²) in [7, 11) is 0. The number of nitro groups is 1. The Morgan fingerprint density at radius 1 is 1.29 bits per heavy atom. The summed E-state index contributed by atoms with van der Waals surface area (Å²) in [5.74, 6) is -0.185. The van der Waals surface area contributed by atoms with E-state index < -0.39 is 16.8 Å². The summed E-state index contributed by atoms with van der Waals surface area (Å²) in [6.07, 6.45) is 0. The highest BCUT2D eigenvalue weighted by Crippen LogP contribution is 2.36. The molecule has 1 unspecified atom stereocenters. The highest BCUT2D eigenvalue weighted by atomic mass is 35.5. The van der Waals surface area contributed by atoms with Crippen LogP contribution in [0.5, 0.6) is 11.5 Å². The molecule has 0 fully saturated rings. The predicted molar refractivity (Wildman–Crippen MR) is 77.2 cm³/mol. The smallest absolute Gasteiger partial charge is 0.313 e. The molecule has 0 amide bonds. The number of nitro benzene ring substituents is 1. The quantitative estimate of drug-likeness (QED) is 0.678. The minimum Gasteiger partial charge on any atom is -0.450 e. The molecular formula is C14H12ClFN2O3. The van der Waals surface area contributed by atoms with Crippen LogP contribution in [0.1, 0.15) is 18.5 Å². The SMILES string of the molecule is CC(N)c1cc(F)ccc1Oc1ccc(Cl)cc1[N+](=O)[O-]. The van der Waals surface area contributed by atoms with Gasteiger partial charge in [0.2, 0.25) is 5.75 Å². The summed E-state index contributed by atoms with van der Waals surface area (Å²) in [6.45, 7) is 1.66. The van der Waals surface area contributed by atoms with E-state index in [1.54, 1.807) is 6.92 Å². The normalized spacial score (nSPS) is 12.0. The molecule has 0 spiro atoms. The molecule has 0 heterocycles. The van der Waals surface area contributed by atoms with Gasteiger partial charge in [0.1, 0.15) is 11.6 Å². The lowest BCUT2D eigenvalue weighted by atomic mass is 10.1. The van der Waals surface area contributed by atoms with Crippen LogP contribution in [0.3, 0.4) is 0 Å². The van der Waals surface area contributed by atoms with Crippen molar-refractivity contribution in [3.05, 3.63) is 62.9 Å². The summed E-state index contributed by atoms with van der Waals surface area (Å²) < 4.78 is 18.8. The standard InChI is InChI=1S/C14H12ClFN2O3/c1-8(17)11-7-10(16)3-5-13(11)21-14-4-2-9(15)6-12(14)18(19)20/h2-8H,17H2,1H3. The molecule has 2 rings (SSSR count). The molecule has 0 aliphatic heterocycles. The molecule has 0 saturated heterocycles. The maximum atomic E-state index is 13.3. The zero-order valence-corrected chi connectivity index (χ0v) is 11.8. The third-order valence-corrected chi connectivity index (χ3v) is 3.04. The van der Waals surface area contributed by atoms with Gasteiger partial charge in [-0.25, -0.2) is 4.39 Å². The predicted octanol–water partition coefficient (Wildman–Crippen LogP) is 4.20. The molecule has 0 aliphatic rings. The van der Waals surface area contributed by atoms with Crippen LogP contribution in [-0.2, 0) is 0 Å². The van der Waals surface area contributed by atoms with Crippen LogP contribution in [0.4, 0.5) is 10.1 Å². The Morgan fingerprint density at radius 2 is 1.95 bits per heavy atom. The summed E-state index contributed by atoms with van der Waals surface area (Å²) in [6, 6.07) is 7.37. The Labute approximate surface area is 125 Å². The van der Waals surface area contributed by atoms with E-state index >= 15 is 0 Å². The monoisotopic (exact) mass is 310 g/mol. The molecule has 2 aromatic rings. The number of rotatable bonds is 4. The van der Waals surface area contributed by atoms with Crippen molar-refractivity contribution < 1.29 is 14.1 Å². The third kappa shape index (κ3) is 3.48. The van der Waals surface area contributed by atoms with Gasteiger partial charge in [0.05, 0.1) is 4.92 Å². The van der Waals surface area contributed by atoms with Crippen molar-refractivity contribution in [1.82, 2.24) is 0 Å². The molecular weight excluding hydrogens is 299 g/mol. The van der Waals surface area contributed by atoms with E-state index in [0.29, 0.717) is 5.56 Å². The lowest BCUT2D eigenvalue weighted by Gasteiger charge is -2.14. The fourth-order valence-electron chi connectivity index (χ4n) is 1.81. The van der Waals surface area contributed by atoms with Crippen LogP contribution in [0.25, 0.3) is 0 Å². The second-order valence-corrected chi connectivity index (χ2v) is 4.88. The van der Waals surface area contributed by atoms with Gasteiger partial charge >= 0.3 is 5.69 Å². The molecule has 0 saturated carbocycles. The van der Waals surface area contributed by atoms with Gasteiger partial charge in [-0.05, 0) is 37.3 Å². The van der Waals surface area contributed by atoms with Gasteiger partial charge in [-0.3, -0.25) is 10.1 Å². The average molecular weight is 311 g/mol. The Kier molecular flexibility index (Phi) is 4.40. The van der Waals surface area contributed by atoms with E-state index in [1.165, 1.54) is 36.4 Å². The number of nitrogens with two attached hydrogens (primary N) is 1. The number of benzene rings is 2. The molecule has 2 N–H and O–H groups in total. The lowest BCUT2D eigenvalue weighted by molar-refractivity contribution is -0.385. The van der Waals surface area contributed by atoms with Gasteiger partial charge in [-0.2, -0.15) is 0 Å². The number of hydrogen-bond acceptors (Lipinski definition) is 4. The summed E-state index contributed by atoms with van der Waals surface area (Å²) in [4.78, 5) is 10.4. The minimum absolute atomic E-state index is 0.0120. The number of halogens is 2. The van der Waals surface area contributed by atoms with Crippen molar-refractivity contribution in [3.8, 4) is 11.5 Å². The van der Waals surface area contributed by atoms with Crippen LogP contribution in [-0.4, -0.2) is 4.92 Å². The first-order valence-electron chi connectivity index (χ1n) is 6.05. The Balaban J connectivity index is 2.46. The second kappa shape index (κ2) is 6.07. The summed E-state index contributed by atoms with van der Waals surface area (Å²) in [5, 5.41) is 11.2. The molecule has 21 heavy (non-hydrogen) atoms. The van der Waals surface area contributed by atoms with E-state index in [4.69, 9.17) is 22.1 Å². The fourth-order valence-corrected chi connectivity index (χ4v) is 1.97.